The Morgan fingerprint density at radius 2 is 1.89 bits per heavy atom. The molecule has 140 valence electrons. The van der Waals surface area contributed by atoms with E-state index in [0.717, 1.165) is 11.3 Å². The van der Waals surface area contributed by atoms with Crippen molar-refractivity contribution in [2.45, 2.75) is 26.2 Å². The molecule has 7 heteroatoms. The van der Waals surface area contributed by atoms with E-state index in [0.29, 0.717) is 22.0 Å². The normalized spacial score (nSPS) is 12.2. The summed E-state index contributed by atoms with van der Waals surface area (Å²) in [6.45, 7) is 3.68. The van der Waals surface area contributed by atoms with E-state index in [1.54, 1.807) is 16.8 Å². The van der Waals surface area contributed by atoms with Gasteiger partial charge in [-0.1, -0.05) is 41.4 Å². The van der Waals surface area contributed by atoms with E-state index in [-0.39, 0.29) is 11.4 Å². The summed E-state index contributed by atoms with van der Waals surface area (Å²) >= 11 is 12.4. The third kappa shape index (κ3) is 3.84. The predicted molar refractivity (Wildman–Crippen MR) is 105 cm³/mol. The molecule has 3 aromatic rings. The fourth-order valence-corrected chi connectivity index (χ4v) is 3.73. The molecule has 0 fully saturated rings. The van der Waals surface area contributed by atoms with Gasteiger partial charge >= 0.3 is 0 Å². The van der Waals surface area contributed by atoms with E-state index < -0.39 is 17.6 Å². The quantitative estimate of drug-likeness (QED) is 0.665. The number of benzene rings is 2. The Labute approximate surface area is 166 Å². The number of carbonyl (C=O) groups excluding carboxylic acids is 1. The van der Waals surface area contributed by atoms with Crippen molar-refractivity contribution >= 4 is 29.1 Å². The van der Waals surface area contributed by atoms with Gasteiger partial charge in [0, 0.05) is 16.3 Å². The summed E-state index contributed by atoms with van der Waals surface area (Å²) in [7, 11) is 0. The van der Waals surface area contributed by atoms with Gasteiger partial charge in [0.2, 0.25) is 5.91 Å². The van der Waals surface area contributed by atoms with Crippen LogP contribution in [0.15, 0.2) is 42.5 Å². The van der Waals surface area contributed by atoms with E-state index >= 15 is 0 Å². The molecule has 0 aliphatic carbocycles. The Morgan fingerprint density at radius 1 is 1.19 bits per heavy atom. The molecule has 1 heterocycles. The molecule has 0 saturated carbocycles. The van der Waals surface area contributed by atoms with Gasteiger partial charge in [0.25, 0.3) is 0 Å². The summed E-state index contributed by atoms with van der Waals surface area (Å²) in [5.74, 6) is -1.58. The first-order valence-electron chi connectivity index (χ1n) is 8.34. The summed E-state index contributed by atoms with van der Waals surface area (Å²) in [6.07, 6.45) is 0.254. The molecule has 1 amide bonds. The fourth-order valence-electron chi connectivity index (χ4n) is 3.27. The van der Waals surface area contributed by atoms with Crippen molar-refractivity contribution in [3.8, 4) is 5.69 Å². The highest BCUT2D eigenvalue weighted by Gasteiger charge is 2.27. The van der Waals surface area contributed by atoms with Gasteiger partial charge in [0.15, 0.2) is 0 Å². The zero-order chi connectivity index (χ0) is 19.7. The highest BCUT2D eigenvalue weighted by molar-refractivity contribution is 6.32. The van der Waals surface area contributed by atoms with Crippen molar-refractivity contribution in [1.29, 1.82) is 0 Å². The van der Waals surface area contributed by atoms with Crippen molar-refractivity contribution < 1.29 is 9.18 Å². The van der Waals surface area contributed by atoms with Crippen LogP contribution in [0.25, 0.3) is 5.69 Å². The zero-order valence-electron chi connectivity index (χ0n) is 14.8. The predicted octanol–water partition coefficient (Wildman–Crippen LogP) is 4.75. The maximum Gasteiger partial charge on any atom is 0.225 e. The summed E-state index contributed by atoms with van der Waals surface area (Å²) in [4.78, 5) is 12.2. The molecule has 0 spiro atoms. The van der Waals surface area contributed by atoms with Crippen LogP contribution in [-0.4, -0.2) is 15.7 Å². The second kappa shape index (κ2) is 7.71. The molecular formula is C20H18Cl2FN3O. The highest BCUT2D eigenvalue weighted by Crippen LogP contribution is 2.32. The minimum absolute atomic E-state index is 0.254. The molecule has 27 heavy (non-hydrogen) atoms. The van der Waals surface area contributed by atoms with Crippen molar-refractivity contribution in [3.63, 3.8) is 0 Å². The molecule has 3 rings (SSSR count). The number of aromatic nitrogens is 2. The first kappa shape index (κ1) is 19.4. The van der Waals surface area contributed by atoms with Gasteiger partial charge in [-0.05, 0) is 50.1 Å². The van der Waals surface area contributed by atoms with E-state index in [9.17, 15) is 9.18 Å². The molecule has 0 radical (unpaired) electrons. The zero-order valence-corrected chi connectivity index (χ0v) is 16.4. The largest absolute Gasteiger partial charge is 0.369 e. The first-order valence-corrected chi connectivity index (χ1v) is 9.09. The van der Waals surface area contributed by atoms with E-state index in [1.165, 1.54) is 12.1 Å². The molecule has 0 saturated heterocycles. The first-order chi connectivity index (χ1) is 12.8. The van der Waals surface area contributed by atoms with E-state index in [4.69, 9.17) is 28.9 Å². The maximum absolute atomic E-state index is 13.3. The van der Waals surface area contributed by atoms with Crippen molar-refractivity contribution in [2.24, 2.45) is 5.73 Å². The lowest BCUT2D eigenvalue weighted by Gasteiger charge is -2.16. The number of nitrogens with zero attached hydrogens (tertiary/aromatic N) is 2. The highest BCUT2D eigenvalue weighted by atomic mass is 35.5. The Kier molecular flexibility index (Phi) is 5.53. The standard InChI is InChI=1S/C20H18Cl2FN3O/c1-11-19(12(2)26(25-11)18-6-4-3-5-16(18)21)15(20(24)27)9-13-7-8-14(23)10-17(13)22/h3-8,10,15H,9H2,1-2H3,(H2,24,27). The average Bonchev–Trinajstić information content (AvgIpc) is 2.89. The van der Waals surface area contributed by atoms with Crippen LogP contribution in [0.4, 0.5) is 4.39 Å². The summed E-state index contributed by atoms with van der Waals surface area (Å²) in [5.41, 5.74) is 9.22. The summed E-state index contributed by atoms with van der Waals surface area (Å²) < 4.78 is 15.0. The molecule has 2 N–H and O–H groups in total. The van der Waals surface area contributed by atoms with Gasteiger partial charge in [-0.25, -0.2) is 9.07 Å². The lowest BCUT2D eigenvalue weighted by atomic mass is 9.90. The van der Waals surface area contributed by atoms with Gasteiger partial charge in [0.1, 0.15) is 5.82 Å². The lowest BCUT2D eigenvalue weighted by Crippen LogP contribution is -2.24. The fraction of sp³-hybridized carbons (Fsp3) is 0.200. The van der Waals surface area contributed by atoms with Crippen LogP contribution >= 0.6 is 23.2 Å². The van der Waals surface area contributed by atoms with Crippen LogP contribution in [0.5, 0.6) is 0 Å². The van der Waals surface area contributed by atoms with Gasteiger partial charge in [-0.3, -0.25) is 4.79 Å². The molecule has 0 bridgehead atoms. The molecule has 2 aromatic carbocycles. The maximum atomic E-state index is 13.3. The van der Waals surface area contributed by atoms with Gasteiger partial charge < -0.3 is 5.73 Å². The van der Waals surface area contributed by atoms with Crippen LogP contribution in [-0.2, 0) is 11.2 Å². The smallest absolute Gasteiger partial charge is 0.225 e. The van der Waals surface area contributed by atoms with E-state index in [1.807, 2.05) is 32.0 Å². The van der Waals surface area contributed by atoms with Crippen LogP contribution in [0, 0.1) is 19.7 Å². The number of carbonyl (C=O) groups is 1. The molecule has 1 unspecified atom stereocenters. The molecule has 0 aliphatic heterocycles. The molecule has 1 atom stereocenters. The summed E-state index contributed by atoms with van der Waals surface area (Å²) in [5, 5.41) is 5.36. The number of halogens is 3. The monoisotopic (exact) mass is 405 g/mol. The minimum atomic E-state index is -0.649. The number of rotatable bonds is 5. The van der Waals surface area contributed by atoms with E-state index in [2.05, 4.69) is 5.10 Å². The second-order valence-corrected chi connectivity index (χ2v) is 7.16. The number of amides is 1. The second-order valence-electron chi connectivity index (χ2n) is 6.34. The molecule has 0 aliphatic rings. The lowest BCUT2D eigenvalue weighted by molar-refractivity contribution is -0.119. The average molecular weight is 406 g/mol. The van der Waals surface area contributed by atoms with Gasteiger partial charge in [0.05, 0.1) is 22.3 Å². The van der Waals surface area contributed by atoms with Crippen molar-refractivity contribution in [3.05, 3.63) is 80.8 Å². The SMILES string of the molecule is Cc1nn(-c2ccccc2Cl)c(C)c1C(Cc1ccc(F)cc1Cl)C(N)=O. The number of para-hydroxylation sites is 1. The Morgan fingerprint density at radius 3 is 2.52 bits per heavy atom. The van der Waals surface area contributed by atoms with Crippen LogP contribution in [0.2, 0.25) is 10.0 Å². The van der Waals surface area contributed by atoms with Crippen LogP contribution in [0.1, 0.15) is 28.4 Å². The van der Waals surface area contributed by atoms with Crippen LogP contribution < -0.4 is 5.73 Å². The van der Waals surface area contributed by atoms with Gasteiger partial charge in [-0.2, -0.15) is 5.10 Å². The van der Waals surface area contributed by atoms with Crippen molar-refractivity contribution in [1.82, 2.24) is 9.78 Å². The number of aryl methyl sites for hydroxylation is 1. The molecular weight excluding hydrogens is 388 g/mol. The Bertz CT molecular complexity index is 1020. The third-order valence-corrected chi connectivity index (χ3v) is 5.23. The molecule has 4 nitrogen and oxygen atoms in total. The number of nitrogens with two attached hydrogens (primary N) is 1. The number of hydrogen-bond acceptors (Lipinski definition) is 2. The van der Waals surface area contributed by atoms with Crippen molar-refractivity contribution in [2.75, 3.05) is 0 Å². The Balaban J connectivity index is 2.07. The van der Waals surface area contributed by atoms with Gasteiger partial charge in [-0.15, -0.1) is 0 Å². The number of primary amides is 1. The summed E-state index contributed by atoms with van der Waals surface area (Å²) in [6, 6.07) is 11.4. The minimum Gasteiger partial charge on any atom is -0.369 e. The Hall–Kier alpha value is -2.37. The number of hydrogen-bond donors (Lipinski definition) is 1. The third-order valence-electron chi connectivity index (χ3n) is 4.56. The molecule has 1 aromatic heterocycles. The van der Waals surface area contributed by atoms with Crippen LogP contribution in [0.3, 0.4) is 0 Å². The topological polar surface area (TPSA) is 60.9 Å².